The van der Waals surface area contributed by atoms with Gasteiger partial charge in [0.2, 0.25) is 0 Å². The number of benzene rings is 2. The van der Waals surface area contributed by atoms with E-state index in [2.05, 4.69) is 34.1 Å². The number of anilines is 1. The Labute approximate surface area is 182 Å². The fourth-order valence-electron chi connectivity index (χ4n) is 4.24. The van der Waals surface area contributed by atoms with E-state index in [-0.39, 0.29) is 0 Å². The highest BCUT2D eigenvalue weighted by Gasteiger charge is 2.36. The van der Waals surface area contributed by atoms with Gasteiger partial charge in [-0.1, -0.05) is 53.5 Å². The van der Waals surface area contributed by atoms with E-state index in [4.69, 9.17) is 23.2 Å². The molecule has 1 N–H and O–H groups in total. The quantitative estimate of drug-likeness (QED) is 0.697. The molecule has 2 aliphatic heterocycles. The van der Waals surface area contributed by atoms with Crippen molar-refractivity contribution in [3.05, 3.63) is 63.6 Å². The van der Waals surface area contributed by atoms with Crippen LogP contribution >= 0.6 is 23.2 Å². The summed E-state index contributed by atoms with van der Waals surface area (Å²) in [4.78, 5) is 16.0. The maximum absolute atomic E-state index is 11.4. The SMILES string of the molecule is CC1(C(=O)O)CCN(Cc2ccc(C3CN(c4c(Cl)cccc4Cl)C3)cc2)CC1. The number of carboxylic acids is 1. The zero-order chi connectivity index (χ0) is 20.6. The highest BCUT2D eigenvalue weighted by Crippen LogP contribution is 2.40. The molecule has 4 nitrogen and oxygen atoms in total. The summed E-state index contributed by atoms with van der Waals surface area (Å²) < 4.78 is 0. The Balaban J connectivity index is 1.31. The van der Waals surface area contributed by atoms with Crippen LogP contribution in [0.25, 0.3) is 0 Å². The second kappa shape index (κ2) is 8.17. The highest BCUT2D eigenvalue weighted by molar-refractivity contribution is 6.39. The molecule has 6 heteroatoms. The van der Waals surface area contributed by atoms with Crippen molar-refractivity contribution in [1.82, 2.24) is 4.90 Å². The number of halogens is 2. The van der Waals surface area contributed by atoms with Crippen molar-refractivity contribution in [1.29, 1.82) is 0 Å². The van der Waals surface area contributed by atoms with Crippen LogP contribution in [0.5, 0.6) is 0 Å². The summed E-state index contributed by atoms with van der Waals surface area (Å²) in [6.45, 7) is 6.24. The van der Waals surface area contributed by atoms with E-state index < -0.39 is 11.4 Å². The molecule has 0 saturated carbocycles. The van der Waals surface area contributed by atoms with Crippen LogP contribution in [0.15, 0.2) is 42.5 Å². The van der Waals surface area contributed by atoms with E-state index in [9.17, 15) is 9.90 Å². The lowest BCUT2D eigenvalue weighted by molar-refractivity contribution is -0.150. The van der Waals surface area contributed by atoms with Gasteiger partial charge in [-0.05, 0) is 56.1 Å². The molecule has 0 aromatic heterocycles. The summed E-state index contributed by atoms with van der Waals surface area (Å²) >= 11 is 12.6. The third kappa shape index (κ3) is 4.25. The lowest BCUT2D eigenvalue weighted by Gasteiger charge is -2.42. The molecule has 0 aliphatic carbocycles. The van der Waals surface area contributed by atoms with Gasteiger partial charge < -0.3 is 10.0 Å². The molecule has 0 atom stereocenters. The molecule has 4 rings (SSSR count). The smallest absolute Gasteiger partial charge is 0.309 e. The lowest BCUT2D eigenvalue weighted by Crippen LogP contribution is -2.45. The van der Waals surface area contributed by atoms with Crippen LogP contribution in [-0.4, -0.2) is 42.2 Å². The van der Waals surface area contributed by atoms with E-state index in [1.165, 1.54) is 11.1 Å². The summed E-state index contributed by atoms with van der Waals surface area (Å²) in [7, 11) is 0. The minimum absolute atomic E-state index is 0.489. The molecule has 2 saturated heterocycles. The van der Waals surface area contributed by atoms with E-state index in [1.54, 1.807) is 0 Å². The monoisotopic (exact) mass is 432 g/mol. The number of hydrogen-bond acceptors (Lipinski definition) is 3. The largest absolute Gasteiger partial charge is 0.481 e. The molecule has 0 bridgehead atoms. The minimum atomic E-state index is -0.672. The summed E-state index contributed by atoms with van der Waals surface area (Å²) in [6.07, 6.45) is 1.42. The molecule has 2 fully saturated rings. The summed E-state index contributed by atoms with van der Waals surface area (Å²) in [5, 5.41) is 10.8. The zero-order valence-corrected chi connectivity index (χ0v) is 18.1. The fourth-order valence-corrected chi connectivity index (χ4v) is 4.87. The fraction of sp³-hybridized carbons (Fsp3) is 0.435. The van der Waals surface area contributed by atoms with E-state index in [0.29, 0.717) is 28.8 Å². The normalized spacial score (nSPS) is 19.8. The molecule has 2 aliphatic rings. The molecule has 2 heterocycles. The first-order valence-electron chi connectivity index (χ1n) is 10.1. The second-order valence-electron chi connectivity index (χ2n) is 8.56. The molecule has 29 heavy (non-hydrogen) atoms. The number of piperidine rings is 1. The molecule has 2 aromatic carbocycles. The van der Waals surface area contributed by atoms with Crippen LogP contribution in [0, 0.1) is 5.41 Å². The van der Waals surface area contributed by atoms with Crippen molar-refractivity contribution in [3.8, 4) is 0 Å². The average molecular weight is 433 g/mol. The lowest BCUT2D eigenvalue weighted by atomic mass is 9.80. The molecule has 2 aromatic rings. The number of nitrogens with zero attached hydrogens (tertiary/aromatic N) is 2. The predicted octanol–water partition coefficient (Wildman–Crippen LogP) is 5.28. The predicted molar refractivity (Wildman–Crippen MR) is 118 cm³/mol. The van der Waals surface area contributed by atoms with Crippen molar-refractivity contribution in [3.63, 3.8) is 0 Å². The summed E-state index contributed by atoms with van der Waals surface area (Å²) in [5.41, 5.74) is 2.98. The molecule has 154 valence electrons. The van der Waals surface area contributed by atoms with Gasteiger partial charge in [-0.25, -0.2) is 0 Å². The Kier molecular flexibility index (Phi) is 5.78. The van der Waals surface area contributed by atoms with Gasteiger partial charge >= 0.3 is 5.97 Å². The Morgan fingerprint density at radius 1 is 1.07 bits per heavy atom. The van der Waals surface area contributed by atoms with Crippen LogP contribution in [0.2, 0.25) is 10.0 Å². The number of rotatable bonds is 5. The highest BCUT2D eigenvalue weighted by atomic mass is 35.5. The first kappa shape index (κ1) is 20.5. The van der Waals surface area contributed by atoms with Gasteiger partial charge in [0.25, 0.3) is 0 Å². The maximum atomic E-state index is 11.4. The topological polar surface area (TPSA) is 43.8 Å². The molecular formula is C23H26Cl2N2O2. The number of likely N-dealkylation sites (tertiary alicyclic amines) is 1. The van der Waals surface area contributed by atoms with Crippen molar-refractivity contribution < 1.29 is 9.90 Å². The number of aliphatic carboxylic acids is 1. The minimum Gasteiger partial charge on any atom is -0.481 e. The van der Waals surface area contributed by atoms with Gasteiger partial charge in [-0.3, -0.25) is 9.69 Å². The van der Waals surface area contributed by atoms with Gasteiger partial charge in [0, 0.05) is 25.6 Å². The average Bonchev–Trinajstić information content (AvgIpc) is 2.66. The Morgan fingerprint density at radius 3 is 2.21 bits per heavy atom. The number of para-hydroxylation sites is 1. The van der Waals surface area contributed by atoms with E-state index >= 15 is 0 Å². The van der Waals surface area contributed by atoms with Crippen molar-refractivity contribution >= 4 is 34.9 Å². The molecule has 0 radical (unpaired) electrons. The second-order valence-corrected chi connectivity index (χ2v) is 9.37. The van der Waals surface area contributed by atoms with Gasteiger partial charge in [-0.2, -0.15) is 0 Å². The third-order valence-corrected chi connectivity index (χ3v) is 7.08. The van der Waals surface area contributed by atoms with Crippen LogP contribution in [-0.2, 0) is 11.3 Å². The van der Waals surface area contributed by atoms with Crippen molar-refractivity contribution in [2.75, 3.05) is 31.1 Å². The van der Waals surface area contributed by atoms with Crippen LogP contribution in [0.1, 0.15) is 36.8 Å². The van der Waals surface area contributed by atoms with Crippen LogP contribution < -0.4 is 4.90 Å². The molecule has 0 unspecified atom stereocenters. The van der Waals surface area contributed by atoms with Crippen molar-refractivity contribution in [2.45, 2.75) is 32.2 Å². The van der Waals surface area contributed by atoms with Crippen molar-refractivity contribution in [2.24, 2.45) is 5.41 Å². The van der Waals surface area contributed by atoms with Gasteiger partial charge in [-0.15, -0.1) is 0 Å². The molecule has 0 amide bonds. The van der Waals surface area contributed by atoms with Gasteiger partial charge in [0.15, 0.2) is 0 Å². The van der Waals surface area contributed by atoms with Gasteiger partial charge in [0.1, 0.15) is 0 Å². The summed E-state index contributed by atoms with van der Waals surface area (Å²) in [6, 6.07) is 14.5. The number of hydrogen-bond donors (Lipinski definition) is 1. The Morgan fingerprint density at radius 2 is 1.66 bits per heavy atom. The third-order valence-electron chi connectivity index (χ3n) is 6.47. The van der Waals surface area contributed by atoms with Crippen LogP contribution in [0.3, 0.4) is 0 Å². The van der Waals surface area contributed by atoms with Crippen LogP contribution in [0.4, 0.5) is 5.69 Å². The van der Waals surface area contributed by atoms with E-state index in [0.717, 1.165) is 38.4 Å². The molecule has 0 spiro atoms. The summed E-state index contributed by atoms with van der Waals surface area (Å²) in [5.74, 6) is -0.184. The maximum Gasteiger partial charge on any atom is 0.309 e. The number of carboxylic acid groups (broad SMARTS) is 1. The Hall–Kier alpha value is -1.75. The number of carbonyl (C=O) groups is 1. The van der Waals surface area contributed by atoms with E-state index in [1.807, 2.05) is 25.1 Å². The Bertz CT molecular complexity index is 866. The first-order valence-corrected chi connectivity index (χ1v) is 10.8. The zero-order valence-electron chi connectivity index (χ0n) is 16.6. The molecular weight excluding hydrogens is 407 g/mol. The first-order chi connectivity index (χ1) is 13.9. The van der Waals surface area contributed by atoms with Gasteiger partial charge in [0.05, 0.1) is 21.1 Å². The standard InChI is InChI=1S/C23H26Cl2N2O2/c1-23(22(28)29)9-11-26(12-10-23)13-16-5-7-17(8-6-16)18-14-27(15-18)21-19(24)3-2-4-20(21)25/h2-8,18H,9-15H2,1H3,(H,28,29).